The minimum atomic E-state index is -0.259. The normalized spacial score (nSPS) is 14.3. The first kappa shape index (κ1) is 21.7. The number of hydrogen-bond donors (Lipinski definition) is 0. The van der Waals surface area contributed by atoms with E-state index >= 15 is 0 Å². The van der Waals surface area contributed by atoms with Crippen LogP contribution in [-0.2, 0) is 0 Å². The van der Waals surface area contributed by atoms with Gasteiger partial charge in [0.2, 0.25) is 11.8 Å². The van der Waals surface area contributed by atoms with Gasteiger partial charge >= 0.3 is 0 Å². The Morgan fingerprint density at radius 2 is 1.84 bits per heavy atom. The van der Waals surface area contributed by atoms with E-state index in [0.717, 1.165) is 39.2 Å². The Balaban J connectivity index is 1.49. The molecule has 1 atom stereocenters. The Labute approximate surface area is 217 Å². The van der Waals surface area contributed by atoms with Crippen LogP contribution >= 0.6 is 11.6 Å². The minimum Gasteiger partial charge on any atom is -0.420 e. The molecule has 0 aliphatic carbocycles. The second-order valence-electron chi connectivity index (χ2n) is 9.00. The number of aryl methyl sites for hydroxylation is 2. The molecule has 4 aromatic heterocycles. The summed E-state index contributed by atoms with van der Waals surface area (Å²) in [6, 6.07) is 19.6. The first-order chi connectivity index (χ1) is 18.1. The molecule has 0 N–H and O–H groups in total. The average Bonchev–Trinajstić information content (AvgIpc) is 3.49. The van der Waals surface area contributed by atoms with Crippen LogP contribution in [0.15, 0.2) is 79.4 Å². The van der Waals surface area contributed by atoms with Crippen molar-refractivity contribution in [1.82, 2.24) is 34.3 Å². The van der Waals surface area contributed by atoms with Gasteiger partial charge in [-0.2, -0.15) is 5.10 Å². The van der Waals surface area contributed by atoms with Gasteiger partial charge in [0.15, 0.2) is 11.5 Å². The molecular weight excluding hydrogens is 486 g/mol. The van der Waals surface area contributed by atoms with Gasteiger partial charge in [0.05, 0.1) is 28.4 Å². The zero-order chi connectivity index (χ0) is 25.1. The third-order valence-electron chi connectivity index (χ3n) is 6.68. The number of nitrogens with zero attached hydrogens (tertiary/aromatic N) is 7. The molecule has 1 aliphatic heterocycles. The van der Waals surface area contributed by atoms with Crippen molar-refractivity contribution in [2.45, 2.75) is 19.8 Å². The van der Waals surface area contributed by atoms with Crippen LogP contribution in [-0.4, -0.2) is 34.3 Å². The lowest BCUT2D eigenvalue weighted by molar-refractivity contribution is 0.402. The lowest BCUT2D eigenvalue weighted by Crippen LogP contribution is -2.16. The van der Waals surface area contributed by atoms with Crippen molar-refractivity contribution < 1.29 is 4.74 Å². The Hall–Kier alpha value is -4.56. The van der Waals surface area contributed by atoms with Crippen molar-refractivity contribution in [3.63, 3.8) is 0 Å². The summed E-state index contributed by atoms with van der Waals surface area (Å²) >= 11 is 6.30. The van der Waals surface area contributed by atoms with E-state index < -0.39 is 0 Å². The van der Waals surface area contributed by atoms with Crippen LogP contribution < -0.4 is 4.74 Å². The number of pyridine rings is 1. The van der Waals surface area contributed by atoms with Gasteiger partial charge in [0, 0.05) is 23.0 Å². The van der Waals surface area contributed by atoms with E-state index in [4.69, 9.17) is 31.5 Å². The van der Waals surface area contributed by atoms with Gasteiger partial charge in [-0.1, -0.05) is 48.0 Å². The lowest BCUT2D eigenvalue weighted by atomic mass is 9.85. The number of rotatable bonds is 3. The molecule has 2 aromatic carbocycles. The third kappa shape index (κ3) is 3.41. The standard InChI is InChI=1S/C28H20ClN7O/c1-16-7-3-4-11-21(16)25-32-26-24-23(18-8-6-12-30-14-18)22-17(2)33-36(20-10-5-9-19(29)13-20)28(22)37-27(24)31-15-35(26)34-25/h3-15,23H,1-2H3/t23-/m1/s1. The molecule has 0 spiro atoms. The fourth-order valence-corrected chi connectivity index (χ4v) is 5.16. The fraction of sp³-hybridized carbons (Fsp3) is 0.107. The van der Waals surface area contributed by atoms with Crippen molar-refractivity contribution in [1.29, 1.82) is 0 Å². The van der Waals surface area contributed by atoms with Gasteiger partial charge in [-0.05, 0) is 49.2 Å². The van der Waals surface area contributed by atoms with Crippen molar-refractivity contribution in [3.8, 4) is 28.8 Å². The van der Waals surface area contributed by atoms with Crippen LogP contribution in [0.3, 0.4) is 0 Å². The van der Waals surface area contributed by atoms with E-state index in [-0.39, 0.29) is 5.92 Å². The van der Waals surface area contributed by atoms with Crippen molar-refractivity contribution in [3.05, 3.63) is 112 Å². The van der Waals surface area contributed by atoms with Gasteiger partial charge in [-0.25, -0.2) is 19.2 Å². The maximum absolute atomic E-state index is 6.47. The quantitative estimate of drug-likeness (QED) is 0.296. The van der Waals surface area contributed by atoms with Crippen molar-refractivity contribution >= 4 is 17.2 Å². The average molecular weight is 506 g/mol. The van der Waals surface area contributed by atoms with E-state index in [1.807, 2.05) is 61.7 Å². The van der Waals surface area contributed by atoms with E-state index in [9.17, 15) is 0 Å². The third-order valence-corrected chi connectivity index (χ3v) is 6.91. The van der Waals surface area contributed by atoms with Crippen LogP contribution in [0.25, 0.3) is 22.7 Å². The number of benzene rings is 2. The zero-order valence-electron chi connectivity index (χ0n) is 20.0. The molecule has 0 amide bonds. The highest BCUT2D eigenvalue weighted by molar-refractivity contribution is 6.30. The SMILES string of the molecule is Cc1ccccc1-c1nc2c3c(ncn2n1)Oc1c(c(C)nn1-c1cccc(Cl)c1)[C@H]3c1cccnc1. The molecule has 6 aromatic rings. The largest absolute Gasteiger partial charge is 0.420 e. The summed E-state index contributed by atoms with van der Waals surface area (Å²) in [6.07, 6.45) is 5.27. The summed E-state index contributed by atoms with van der Waals surface area (Å²) in [5.74, 6) is 1.43. The highest BCUT2D eigenvalue weighted by atomic mass is 35.5. The summed E-state index contributed by atoms with van der Waals surface area (Å²) in [5.41, 5.74) is 7.11. The van der Waals surface area contributed by atoms with Crippen molar-refractivity contribution in [2.75, 3.05) is 0 Å². The van der Waals surface area contributed by atoms with Gasteiger partial charge in [-0.3, -0.25) is 4.98 Å². The van der Waals surface area contributed by atoms with Gasteiger partial charge < -0.3 is 4.74 Å². The maximum Gasteiger partial charge on any atom is 0.230 e. The maximum atomic E-state index is 6.47. The summed E-state index contributed by atoms with van der Waals surface area (Å²) in [4.78, 5) is 14.1. The van der Waals surface area contributed by atoms with Crippen LogP contribution in [0.2, 0.25) is 5.02 Å². The Kier molecular flexibility index (Phi) is 4.84. The molecule has 0 saturated heterocycles. The highest BCUT2D eigenvalue weighted by Gasteiger charge is 2.38. The molecule has 0 unspecified atom stereocenters. The van der Waals surface area contributed by atoms with E-state index in [2.05, 4.69) is 29.0 Å². The lowest BCUT2D eigenvalue weighted by Gasteiger charge is -2.26. The second kappa shape index (κ2) is 8.25. The zero-order valence-corrected chi connectivity index (χ0v) is 20.8. The summed E-state index contributed by atoms with van der Waals surface area (Å²) in [5, 5.41) is 10.2. The number of fused-ring (bicyclic) bond motifs is 4. The molecule has 180 valence electrons. The van der Waals surface area contributed by atoms with E-state index in [1.54, 1.807) is 21.7 Å². The van der Waals surface area contributed by atoms with Gasteiger partial charge in [0.25, 0.3) is 0 Å². The second-order valence-corrected chi connectivity index (χ2v) is 9.44. The molecule has 9 heteroatoms. The first-order valence-corrected chi connectivity index (χ1v) is 12.2. The number of ether oxygens (including phenoxy) is 1. The van der Waals surface area contributed by atoms with E-state index in [0.29, 0.717) is 28.3 Å². The topological polar surface area (TPSA) is 83.0 Å². The fourth-order valence-electron chi connectivity index (χ4n) is 4.98. The molecule has 0 fully saturated rings. The summed E-state index contributed by atoms with van der Waals surface area (Å²) < 4.78 is 9.96. The van der Waals surface area contributed by atoms with E-state index in [1.165, 1.54) is 0 Å². The highest BCUT2D eigenvalue weighted by Crippen LogP contribution is 2.49. The number of aromatic nitrogens is 7. The molecule has 37 heavy (non-hydrogen) atoms. The molecule has 1 aliphatic rings. The molecule has 5 heterocycles. The molecular formula is C28H20ClN7O. The van der Waals surface area contributed by atoms with Crippen LogP contribution in [0.5, 0.6) is 11.8 Å². The monoisotopic (exact) mass is 505 g/mol. The van der Waals surface area contributed by atoms with Crippen LogP contribution in [0.4, 0.5) is 0 Å². The summed E-state index contributed by atoms with van der Waals surface area (Å²) in [6.45, 7) is 4.03. The Bertz CT molecular complexity index is 1810. The predicted molar refractivity (Wildman–Crippen MR) is 140 cm³/mol. The summed E-state index contributed by atoms with van der Waals surface area (Å²) in [7, 11) is 0. The number of halogens is 1. The molecule has 0 bridgehead atoms. The molecule has 7 rings (SSSR count). The smallest absolute Gasteiger partial charge is 0.230 e. The van der Waals surface area contributed by atoms with Gasteiger partial charge in [-0.15, -0.1) is 5.10 Å². The predicted octanol–water partition coefficient (Wildman–Crippen LogP) is 5.93. The first-order valence-electron chi connectivity index (χ1n) is 11.8. The van der Waals surface area contributed by atoms with Gasteiger partial charge in [0.1, 0.15) is 6.33 Å². The van der Waals surface area contributed by atoms with Crippen molar-refractivity contribution in [2.24, 2.45) is 0 Å². The Morgan fingerprint density at radius 1 is 0.946 bits per heavy atom. The number of hydrogen-bond acceptors (Lipinski definition) is 6. The molecule has 8 nitrogen and oxygen atoms in total. The molecule has 0 saturated carbocycles. The molecule has 0 radical (unpaired) electrons. The minimum absolute atomic E-state index is 0.259. The van der Waals surface area contributed by atoms with Crippen LogP contribution in [0.1, 0.15) is 33.9 Å². The Morgan fingerprint density at radius 3 is 2.65 bits per heavy atom. The van der Waals surface area contributed by atoms with Crippen LogP contribution in [0, 0.1) is 13.8 Å².